The van der Waals surface area contributed by atoms with Gasteiger partial charge in [0.1, 0.15) is 11.7 Å². The van der Waals surface area contributed by atoms with Crippen LogP contribution in [0.5, 0.6) is 0 Å². The Balaban J connectivity index is 2.25. The molecule has 8 heteroatoms. The monoisotopic (exact) mass is 349 g/mol. The molecule has 0 amide bonds. The normalized spacial score (nSPS) is 22.2. The lowest BCUT2D eigenvalue weighted by Crippen LogP contribution is -2.55. The fraction of sp³-hybridized carbons (Fsp3) is 0.235. The van der Waals surface area contributed by atoms with Crippen molar-refractivity contribution in [3.8, 4) is 0 Å². The van der Waals surface area contributed by atoms with Crippen molar-refractivity contribution in [2.24, 2.45) is 9.98 Å². The molecule has 5 nitrogen and oxygen atoms in total. The molecule has 0 aromatic heterocycles. The number of carbonyl (C=O) groups is 1. The van der Waals surface area contributed by atoms with Gasteiger partial charge in [0.2, 0.25) is 0 Å². The van der Waals surface area contributed by atoms with Crippen LogP contribution in [0.25, 0.3) is 0 Å². The summed E-state index contributed by atoms with van der Waals surface area (Å²) in [6, 6.07) is 6.78. The Kier molecular flexibility index (Phi) is 3.98. The van der Waals surface area contributed by atoms with Gasteiger partial charge in [-0.25, -0.2) is 14.8 Å². The van der Waals surface area contributed by atoms with Gasteiger partial charge in [0.05, 0.1) is 7.11 Å². The quantitative estimate of drug-likeness (QED) is 0.772. The lowest BCUT2D eigenvalue weighted by molar-refractivity contribution is -0.202. The van der Waals surface area contributed by atoms with Crippen molar-refractivity contribution in [1.82, 2.24) is 4.90 Å². The third kappa shape index (κ3) is 2.73. The van der Waals surface area contributed by atoms with Gasteiger partial charge in [-0.1, -0.05) is 35.9 Å². The highest BCUT2D eigenvalue weighted by Gasteiger charge is 2.64. The van der Waals surface area contributed by atoms with Crippen LogP contribution in [0.1, 0.15) is 11.1 Å². The van der Waals surface area contributed by atoms with Crippen LogP contribution in [0.15, 0.2) is 58.7 Å². The van der Waals surface area contributed by atoms with E-state index < -0.39 is 17.8 Å². The van der Waals surface area contributed by atoms with Gasteiger partial charge < -0.3 is 4.74 Å². The van der Waals surface area contributed by atoms with Gasteiger partial charge in [-0.3, -0.25) is 4.90 Å². The second-order valence-electron chi connectivity index (χ2n) is 5.50. The molecule has 1 atom stereocenters. The molecule has 1 aromatic rings. The summed E-state index contributed by atoms with van der Waals surface area (Å²) in [5, 5.41) is 0. The number of methoxy groups -OCH3 is 1. The number of carbonyl (C=O) groups excluding carboxylic acids is 1. The molecule has 0 spiro atoms. The number of alkyl halides is 3. The maximum atomic E-state index is 13.8. The summed E-state index contributed by atoms with van der Waals surface area (Å²) in [4.78, 5) is 20.7. The average molecular weight is 349 g/mol. The second-order valence-corrected chi connectivity index (χ2v) is 5.50. The third-order valence-electron chi connectivity index (χ3n) is 3.79. The van der Waals surface area contributed by atoms with E-state index in [1.54, 1.807) is 30.3 Å². The van der Waals surface area contributed by atoms with Gasteiger partial charge in [-0.05, 0) is 19.1 Å². The molecule has 0 saturated carbocycles. The first-order valence-corrected chi connectivity index (χ1v) is 7.34. The van der Waals surface area contributed by atoms with E-state index in [0.717, 1.165) is 12.7 Å². The Morgan fingerprint density at radius 3 is 2.44 bits per heavy atom. The van der Waals surface area contributed by atoms with Gasteiger partial charge in [0, 0.05) is 11.8 Å². The number of aliphatic imine (C=N–C) groups is 2. The third-order valence-corrected chi connectivity index (χ3v) is 3.79. The van der Waals surface area contributed by atoms with Crippen molar-refractivity contribution in [1.29, 1.82) is 0 Å². The molecule has 1 aromatic carbocycles. The summed E-state index contributed by atoms with van der Waals surface area (Å²) in [5.41, 5.74) is -1.96. The molecular formula is C17H14F3N3O2. The van der Waals surface area contributed by atoms with Crippen LogP contribution in [0.3, 0.4) is 0 Å². The summed E-state index contributed by atoms with van der Waals surface area (Å²) in [6.45, 7) is 1.86. The minimum absolute atomic E-state index is 0.0340. The number of ether oxygens (including phenoxy) is 1. The van der Waals surface area contributed by atoms with Crippen LogP contribution in [-0.2, 0) is 9.53 Å². The molecular weight excluding hydrogens is 335 g/mol. The zero-order valence-electron chi connectivity index (χ0n) is 13.4. The number of amidine groups is 2. The van der Waals surface area contributed by atoms with E-state index in [4.69, 9.17) is 0 Å². The Bertz CT molecular complexity index is 823. The molecule has 0 bridgehead atoms. The lowest BCUT2D eigenvalue weighted by Gasteiger charge is -2.35. The smallest absolute Gasteiger partial charge is 0.445 e. The van der Waals surface area contributed by atoms with Crippen LogP contribution in [0, 0.1) is 6.92 Å². The fourth-order valence-corrected chi connectivity index (χ4v) is 2.48. The van der Waals surface area contributed by atoms with Crippen molar-refractivity contribution in [2.45, 2.75) is 18.8 Å². The highest BCUT2D eigenvalue weighted by Crippen LogP contribution is 2.39. The molecule has 2 heterocycles. The summed E-state index contributed by atoms with van der Waals surface area (Å²) >= 11 is 0. The van der Waals surface area contributed by atoms with E-state index in [9.17, 15) is 18.0 Å². The molecule has 25 heavy (non-hydrogen) atoms. The van der Waals surface area contributed by atoms with E-state index >= 15 is 0 Å². The molecule has 0 aliphatic carbocycles. The minimum Gasteiger partial charge on any atom is -0.465 e. The molecule has 0 N–H and O–H groups in total. The number of aryl methyl sites for hydroxylation is 1. The Hall–Kier alpha value is -2.90. The van der Waals surface area contributed by atoms with Crippen molar-refractivity contribution in [2.75, 3.05) is 7.11 Å². The van der Waals surface area contributed by atoms with Gasteiger partial charge >= 0.3 is 17.8 Å². The summed E-state index contributed by atoms with van der Waals surface area (Å²) in [6.07, 6.45) is 1.04. The predicted octanol–water partition coefficient (Wildman–Crippen LogP) is 2.97. The lowest BCUT2D eigenvalue weighted by atomic mass is 10.1. The van der Waals surface area contributed by atoms with Gasteiger partial charge in [-0.15, -0.1) is 0 Å². The number of fused-ring (bicyclic) bond motifs is 1. The number of esters is 1. The zero-order chi connectivity index (χ0) is 18.2. The molecule has 0 radical (unpaired) electrons. The molecule has 2 aliphatic heterocycles. The summed E-state index contributed by atoms with van der Waals surface area (Å²) in [7, 11) is 0.875. The van der Waals surface area contributed by atoms with Gasteiger partial charge in [-0.2, -0.15) is 13.2 Å². The van der Waals surface area contributed by atoms with Gasteiger partial charge in [0.15, 0.2) is 0 Å². The molecule has 1 unspecified atom stereocenters. The summed E-state index contributed by atoms with van der Waals surface area (Å²) < 4.78 is 45.7. The fourth-order valence-electron chi connectivity index (χ4n) is 2.48. The molecule has 0 fully saturated rings. The molecule has 3 rings (SSSR count). The van der Waals surface area contributed by atoms with E-state index in [1.807, 2.05) is 6.92 Å². The first kappa shape index (κ1) is 16.9. The molecule has 2 aliphatic rings. The van der Waals surface area contributed by atoms with E-state index in [1.165, 1.54) is 23.3 Å². The molecule has 0 saturated heterocycles. The zero-order valence-corrected chi connectivity index (χ0v) is 13.4. The highest BCUT2D eigenvalue weighted by molar-refractivity contribution is 6.16. The minimum atomic E-state index is -5.05. The maximum absolute atomic E-state index is 13.8. The summed E-state index contributed by atoms with van der Waals surface area (Å²) in [5.74, 6) is -1.66. The number of benzene rings is 1. The Morgan fingerprint density at radius 1 is 1.16 bits per heavy atom. The van der Waals surface area contributed by atoms with Crippen LogP contribution >= 0.6 is 0 Å². The average Bonchev–Trinajstić information content (AvgIpc) is 2.59. The van der Waals surface area contributed by atoms with E-state index in [-0.39, 0.29) is 11.7 Å². The standard InChI is InChI=1S/C17H14F3N3O2/c1-11-6-8-12(9-7-11)14-22-16(15(24)25-2,17(18,19)20)21-13-5-3-4-10-23(13)14/h3-10H,1-2H3. The number of nitrogens with zero attached hydrogens (tertiary/aromatic N) is 3. The van der Waals surface area contributed by atoms with E-state index in [0.29, 0.717) is 5.56 Å². The maximum Gasteiger partial charge on any atom is 0.445 e. The van der Waals surface area contributed by atoms with Crippen molar-refractivity contribution < 1.29 is 22.7 Å². The van der Waals surface area contributed by atoms with E-state index in [2.05, 4.69) is 14.7 Å². The molecule has 130 valence electrons. The van der Waals surface area contributed by atoms with Crippen LogP contribution in [0.2, 0.25) is 0 Å². The number of allylic oxidation sites excluding steroid dienone is 2. The van der Waals surface area contributed by atoms with Crippen molar-refractivity contribution in [3.05, 3.63) is 59.8 Å². The van der Waals surface area contributed by atoms with Crippen LogP contribution in [-0.4, -0.2) is 41.5 Å². The SMILES string of the molecule is COC(=O)C1(C(F)(F)F)N=C2C=CC=CN2C(c2ccc(C)cc2)=N1. The predicted molar refractivity (Wildman–Crippen MR) is 86.1 cm³/mol. The van der Waals surface area contributed by atoms with Crippen LogP contribution < -0.4 is 0 Å². The Morgan fingerprint density at radius 2 is 1.84 bits per heavy atom. The first-order valence-electron chi connectivity index (χ1n) is 7.34. The topological polar surface area (TPSA) is 54.3 Å². The Labute approximate surface area is 141 Å². The highest BCUT2D eigenvalue weighted by atomic mass is 19.4. The van der Waals surface area contributed by atoms with Gasteiger partial charge in [0.25, 0.3) is 0 Å². The second kappa shape index (κ2) is 5.87. The number of halogens is 3. The van der Waals surface area contributed by atoms with Crippen molar-refractivity contribution >= 4 is 17.6 Å². The number of rotatable bonds is 2. The first-order chi connectivity index (χ1) is 11.8. The largest absolute Gasteiger partial charge is 0.465 e. The van der Waals surface area contributed by atoms with Crippen LogP contribution in [0.4, 0.5) is 13.2 Å². The number of hydrogen-bond acceptors (Lipinski definition) is 5. The number of hydrogen-bond donors (Lipinski definition) is 0. The van der Waals surface area contributed by atoms with Crippen molar-refractivity contribution in [3.63, 3.8) is 0 Å².